The quantitative estimate of drug-likeness (QED) is 0.370. The van der Waals surface area contributed by atoms with E-state index in [1.807, 2.05) is 19.9 Å². The van der Waals surface area contributed by atoms with Gasteiger partial charge in [0.2, 0.25) is 0 Å². The second kappa shape index (κ2) is 11.4. The number of fused-ring (bicyclic) bond motifs is 1. The molecule has 1 aromatic rings. The lowest BCUT2D eigenvalue weighted by Gasteiger charge is -2.37. The van der Waals surface area contributed by atoms with E-state index in [0.717, 1.165) is 53.9 Å². The standard InChI is InChI=1S/C28H48O2/c1-20(2)11-8-12-21(3)13-9-14-22(4)15-10-17-28(7)18-16-25-24(6)27(29)23(5)19-26(25)30-28/h19-22,29H,8-18H2,1-7H3/t21-,22+,28+/m0/s1. The molecular formula is C28H48O2. The molecule has 0 saturated heterocycles. The fourth-order valence-corrected chi connectivity index (χ4v) is 5.06. The van der Waals surface area contributed by atoms with Gasteiger partial charge in [0, 0.05) is 5.56 Å². The monoisotopic (exact) mass is 416 g/mol. The topological polar surface area (TPSA) is 29.5 Å². The zero-order chi connectivity index (χ0) is 22.3. The molecule has 0 unspecified atom stereocenters. The van der Waals surface area contributed by atoms with Gasteiger partial charge < -0.3 is 9.84 Å². The van der Waals surface area contributed by atoms with Crippen LogP contribution in [0.15, 0.2) is 6.07 Å². The summed E-state index contributed by atoms with van der Waals surface area (Å²) in [6.45, 7) is 15.8. The molecule has 1 N–H and O–H groups in total. The Hall–Kier alpha value is -1.18. The van der Waals surface area contributed by atoms with Crippen molar-refractivity contribution in [3.05, 3.63) is 22.8 Å². The third-order valence-electron chi connectivity index (χ3n) is 7.36. The fraction of sp³-hybridized carbons (Fsp3) is 0.786. The van der Waals surface area contributed by atoms with Crippen LogP contribution in [0.5, 0.6) is 11.5 Å². The molecule has 172 valence electrons. The van der Waals surface area contributed by atoms with E-state index in [0.29, 0.717) is 5.75 Å². The van der Waals surface area contributed by atoms with Crippen molar-refractivity contribution in [3.63, 3.8) is 0 Å². The number of hydrogen-bond acceptors (Lipinski definition) is 2. The van der Waals surface area contributed by atoms with Crippen molar-refractivity contribution < 1.29 is 9.84 Å². The van der Waals surface area contributed by atoms with E-state index in [2.05, 4.69) is 34.6 Å². The highest BCUT2D eigenvalue weighted by Crippen LogP contribution is 2.41. The molecule has 0 fully saturated rings. The Balaban J connectivity index is 1.68. The highest BCUT2D eigenvalue weighted by molar-refractivity contribution is 5.53. The molecule has 2 nitrogen and oxygen atoms in total. The van der Waals surface area contributed by atoms with Crippen molar-refractivity contribution in [1.29, 1.82) is 0 Å². The minimum Gasteiger partial charge on any atom is -0.507 e. The summed E-state index contributed by atoms with van der Waals surface area (Å²) in [7, 11) is 0. The molecule has 1 aliphatic heterocycles. The summed E-state index contributed by atoms with van der Waals surface area (Å²) in [6.07, 6.45) is 14.1. The lowest BCUT2D eigenvalue weighted by Crippen LogP contribution is -2.36. The summed E-state index contributed by atoms with van der Waals surface area (Å²) in [4.78, 5) is 0. The van der Waals surface area contributed by atoms with E-state index in [-0.39, 0.29) is 5.60 Å². The van der Waals surface area contributed by atoms with Crippen molar-refractivity contribution >= 4 is 0 Å². The average molecular weight is 417 g/mol. The number of benzene rings is 1. The van der Waals surface area contributed by atoms with E-state index < -0.39 is 0 Å². The molecule has 1 aromatic carbocycles. The van der Waals surface area contributed by atoms with Crippen molar-refractivity contribution in [2.45, 2.75) is 125 Å². The minimum absolute atomic E-state index is 0.0620. The fourth-order valence-electron chi connectivity index (χ4n) is 5.06. The van der Waals surface area contributed by atoms with Crippen LogP contribution in [-0.4, -0.2) is 10.7 Å². The molecule has 0 amide bonds. The van der Waals surface area contributed by atoms with Crippen LogP contribution >= 0.6 is 0 Å². The number of aryl methyl sites for hydroxylation is 1. The highest BCUT2D eigenvalue weighted by atomic mass is 16.5. The summed E-state index contributed by atoms with van der Waals surface area (Å²) in [6, 6.07) is 2.03. The number of hydrogen-bond donors (Lipinski definition) is 1. The molecule has 0 saturated carbocycles. The lowest BCUT2D eigenvalue weighted by molar-refractivity contribution is 0.0520. The molecule has 0 radical (unpaired) electrons. The van der Waals surface area contributed by atoms with Gasteiger partial charge >= 0.3 is 0 Å². The van der Waals surface area contributed by atoms with Gasteiger partial charge in [0.25, 0.3) is 0 Å². The summed E-state index contributed by atoms with van der Waals surface area (Å²) < 4.78 is 6.47. The van der Waals surface area contributed by atoms with E-state index in [9.17, 15) is 5.11 Å². The maximum absolute atomic E-state index is 10.2. The van der Waals surface area contributed by atoms with Crippen LogP contribution in [-0.2, 0) is 6.42 Å². The van der Waals surface area contributed by atoms with Crippen molar-refractivity contribution in [2.75, 3.05) is 0 Å². The maximum atomic E-state index is 10.2. The second-order valence-electron chi connectivity index (χ2n) is 11.1. The summed E-state index contributed by atoms with van der Waals surface area (Å²) in [5.74, 6) is 3.98. The van der Waals surface area contributed by atoms with Gasteiger partial charge in [-0.1, -0.05) is 72.6 Å². The van der Waals surface area contributed by atoms with Crippen LogP contribution in [0.4, 0.5) is 0 Å². The van der Waals surface area contributed by atoms with Gasteiger partial charge in [0.05, 0.1) is 0 Å². The molecule has 0 spiro atoms. The Bertz CT molecular complexity index is 663. The van der Waals surface area contributed by atoms with Gasteiger partial charge in [0.15, 0.2) is 0 Å². The van der Waals surface area contributed by atoms with Crippen LogP contribution in [0.2, 0.25) is 0 Å². The maximum Gasteiger partial charge on any atom is 0.124 e. The van der Waals surface area contributed by atoms with Gasteiger partial charge in [-0.2, -0.15) is 0 Å². The Morgan fingerprint density at radius 1 is 0.933 bits per heavy atom. The number of phenolic OH excluding ortho intramolecular Hbond substituents is 1. The Morgan fingerprint density at radius 2 is 1.50 bits per heavy atom. The van der Waals surface area contributed by atoms with Crippen LogP contribution in [0.1, 0.15) is 116 Å². The van der Waals surface area contributed by atoms with Gasteiger partial charge in [0.1, 0.15) is 17.1 Å². The predicted molar refractivity (Wildman–Crippen MR) is 130 cm³/mol. The first kappa shape index (κ1) is 25.1. The minimum atomic E-state index is -0.0620. The zero-order valence-electron chi connectivity index (χ0n) is 20.9. The first-order valence-electron chi connectivity index (χ1n) is 12.6. The number of ether oxygens (including phenoxy) is 1. The van der Waals surface area contributed by atoms with Crippen LogP contribution in [0.3, 0.4) is 0 Å². The van der Waals surface area contributed by atoms with Gasteiger partial charge in [-0.05, 0) is 81.4 Å². The second-order valence-corrected chi connectivity index (χ2v) is 11.1. The van der Waals surface area contributed by atoms with Crippen molar-refractivity contribution in [3.8, 4) is 11.5 Å². The molecule has 0 aromatic heterocycles. The van der Waals surface area contributed by atoms with Crippen LogP contribution < -0.4 is 4.74 Å². The zero-order valence-corrected chi connectivity index (χ0v) is 20.9. The largest absolute Gasteiger partial charge is 0.507 e. The average Bonchev–Trinajstić information content (AvgIpc) is 2.65. The van der Waals surface area contributed by atoms with Gasteiger partial charge in [-0.15, -0.1) is 0 Å². The molecule has 0 aliphatic carbocycles. The molecule has 1 aliphatic rings. The summed E-state index contributed by atoms with van der Waals surface area (Å²) >= 11 is 0. The SMILES string of the molecule is Cc1cc2c(c(C)c1O)CC[C@@](C)(CCC[C@H](C)CCC[C@@H](C)CCCC(C)C)O2. The number of rotatable bonds is 12. The van der Waals surface area contributed by atoms with E-state index in [4.69, 9.17) is 4.74 Å². The molecule has 2 heteroatoms. The first-order chi connectivity index (χ1) is 14.1. The molecule has 1 heterocycles. The molecule has 0 bridgehead atoms. The van der Waals surface area contributed by atoms with E-state index in [1.165, 1.54) is 56.9 Å². The molecular weight excluding hydrogens is 368 g/mol. The summed E-state index contributed by atoms with van der Waals surface area (Å²) in [5.41, 5.74) is 3.06. The number of phenols is 1. The third kappa shape index (κ3) is 7.50. The third-order valence-corrected chi connectivity index (χ3v) is 7.36. The molecule has 3 atom stereocenters. The number of aromatic hydroxyl groups is 1. The van der Waals surface area contributed by atoms with Crippen LogP contribution in [0.25, 0.3) is 0 Å². The van der Waals surface area contributed by atoms with Crippen molar-refractivity contribution in [1.82, 2.24) is 0 Å². The molecule has 30 heavy (non-hydrogen) atoms. The summed E-state index contributed by atoms with van der Waals surface area (Å²) in [5, 5.41) is 10.2. The van der Waals surface area contributed by atoms with E-state index in [1.54, 1.807) is 0 Å². The molecule has 2 rings (SSSR count). The smallest absolute Gasteiger partial charge is 0.124 e. The first-order valence-corrected chi connectivity index (χ1v) is 12.6. The lowest BCUT2D eigenvalue weighted by atomic mass is 9.85. The Morgan fingerprint density at radius 3 is 2.10 bits per heavy atom. The van der Waals surface area contributed by atoms with E-state index >= 15 is 0 Å². The Kier molecular flexibility index (Phi) is 9.57. The highest BCUT2D eigenvalue weighted by Gasteiger charge is 2.32. The van der Waals surface area contributed by atoms with Crippen LogP contribution in [0, 0.1) is 31.6 Å². The van der Waals surface area contributed by atoms with Gasteiger partial charge in [-0.3, -0.25) is 0 Å². The van der Waals surface area contributed by atoms with Gasteiger partial charge in [-0.25, -0.2) is 0 Å². The predicted octanol–water partition coefficient (Wildman–Crippen LogP) is 8.53. The Labute approximate surface area is 186 Å². The van der Waals surface area contributed by atoms with Crippen molar-refractivity contribution in [2.24, 2.45) is 17.8 Å². The normalized spacial score (nSPS) is 20.7.